The van der Waals surface area contributed by atoms with Crippen LogP contribution >= 0.6 is 0 Å². The molecule has 0 aliphatic heterocycles. The summed E-state index contributed by atoms with van der Waals surface area (Å²) in [5.41, 5.74) is 0. The van der Waals surface area contributed by atoms with Crippen LogP contribution in [0.4, 0.5) is 0 Å². The molecule has 0 heterocycles. The van der Waals surface area contributed by atoms with Gasteiger partial charge in [-0.2, -0.15) is 0 Å². The summed E-state index contributed by atoms with van der Waals surface area (Å²) in [4.78, 5) is 13.8. The Bertz CT molecular complexity index is 200. The zero-order chi connectivity index (χ0) is 12.7. The second-order valence-electron chi connectivity index (χ2n) is 5.46. The average molecular weight is 228 g/mol. The molecule has 16 heavy (non-hydrogen) atoms. The third kappa shape index (κ3) is 6.83. The molecule has 0 saturated carbocycles. The molecule has 3 nitrogen and oxygen atoms in total. The first-order valence-electron chi connectivity index (χ1n) is 6.29. The topological polar surface area (TPSA) is 32.3 Å². The first-order chi connectivity index (χ1) is 7.34. The van der Waals surface area contributed by atoms with E-state index in [2.05, 4.69) is 38.2 Å². The van der Waals surface area contributed by atoms with E-state index in [4.69, 9.17) is 0 Å². The van der Waals surface area contributed by atoms with E-state index in [0.29, 0.717) is 12.0 Å². The van der Waals surface area contributed by atoms with Crippen LogP contribution in [0.2, 0.25) is 0 Å². The van der Waals surface area contributed by atoms with E-state index in [1.54, 1.807) is 0 Å². The van der Waals surface area contributed by atoms with E-state index < -0.39 is 0 Å². The van der Waals surface area contributed by atoms with Crippen molar-refractivity contribution in [3.05, 3.63) is 0 Å². The molecule has 0 aliphatic rings. The largest absolute Gasteiger partial charge is 0.353 e. The van der Waals surface area contributed by atoms with Crippen LogP contribution < -0.4 is 5.32 Å². The summed E-state index contributed by atoms with van der Waals surface area (Å²) < 4.78 is 0. The smallest absolute Gasteiger partial charge is 0.222 e. The van der Waals surface area contributed by atoms with Crippen molar-refractivity contribution in [1.82, 2.24) is 10.2 Å². The third-order valence-corrected chi connectivity index (χ3v) is 2.78. The van der Waals surface area contributed by atoms with Gasteiger partial charge in [0.25, 0.3) is 0 Å². The van der Waals surface area contributed by atoms with Crippen LogP contribution in [0.25, 0.3) is 0 Å². The Hall–Kier alpha value is -0.570. The molecular formula is C13H28N2O. The van der Waals surface area contributed by atoms with Crippen molar-refractivity contribution in [3.8, 4) is 0 Å². The minimum atomic E-state index is 0.0788. The monoisotopic (exact) mass is 228 g/mol. The second-order valence-corrected chi connectivity index (χ2v) is 5.46. The van der Waals surface area contributed by atoms with Gasteiger partial charge in [0.2, 0.25) is 5.91 Å². The fourth-order valence-electron chi connectivity index (χ4n) is 1.55. The van der Waals surface area contributed by atoms with Crippen LogP contribution in [-0.2, 0) is 4.79 Å². The van der Waals surface area contributed by atoms with Gasteiger partial charge in [-0.15, -0.1) is 0 Å². The number of hydrogen-bond acceptors (Lipinski definition) is 2. The lowest BCUT2D eigenvalue weighted by Gasteiger charge is -2.24. The molecule has 1 atom stereocenters. The Labute approximate surface area is 101 Å². The molecule has 0 spiro atoms. The van der Waals surface area contributed by atoms with Gasteiger partial charge in [-0.05, 0) is 39.4 Å². The number of nitrogens with zero attached hydrogens (tertiary/aromatic N) is 1. The molecule has 0 fully saturated rings. The summed E-state index contributed by atoms with van der Waals surface area (Å²) in [6, 6.07) is 0.315. The Kier molecular flexibility index (Phi) is 7.39. The molecule has 0 saturated heterocycles. The number of carbonyl (C=O) groups excluding carboxylic acids is 1. The van der Waals surface area contributed by atoms with E-state index in [0.717, 1.165) is 19.4 Å². The summed E-state index contributed by atoms with van der Waals surface area (Å²) in [6.45, 7) is 9.29. The van der Waals surface area contributed by atoms with Crippen molar-refractivity contribution in [1.29, 1.82) is 0 Å². The van der Waals surface area contributed by atoms with Gasteiger partial charge in [0, 0.05) is 12.0 Å². The average Bonchev–Trinajstić information content (AvgIpc) is 2.14. The highest BCUT2D eigenvalue weighted by Gasteiger charge is 2.17. The molecule has 1 unspecified atom stereocenters. The van der Waals surface area contributed by atoms with Crippen molar-refractivity contribution in [3.63, 3.8) is 0 Å². The highest BCUT2D eigenvalue weighted by molar-refractivity contribution is 5.78. The Balaban J connectivity index is 4.03. The van der Waals surface area contributed by atoms with Crippen LogP contribution in [0, 0.1) is 11.8 Å². The van der Waals surface area contributed by atoms with Crippen molar-refractivity contribution < 1.29 is 4.79 Å². The van der Waals surface area contributed by atoms with Crippen molar-refractivity contribution in [2.75, 3.05) is 20.6 Å². The summed E-state index contributed by atoms with van der Waals surface area (Å²) in [6.07, 6.45) is 2.20. The van der Waals surface area contributed by atoms with Crippen molar-refractivity contribution in [2.24, 2.45) is 11.8 Å². The molecule has 0 aromatic rings. The van der Waals surface area contributed by atoms with Crippen LogP contribution in [0.15, 0.2) is 0 Å². The molecule has 1 amide bonds. The number of carbonyl (C=O) groups is 1. The van der Waals surface area contributed by atoms with Gasteiger partial charge in [0.15, 0.2) is 0 Å². The number of rotatable bonds is 7. The molecule has 0 aromatic carbocycles. The summed E-state index contributed by atoms with van der Waals surface area (Å²) in [5, 5.41) is 3.13. The standard InChI is InChI=1S/C13H28N2O/c1-10(2)12(8-7-9-15(5)6)14-13(16)11(3)4/h10-12H,7-9H2,1-6H3,(H,14,16). The van der Waals surface area contributed by atoms with Crippen LogP contribution in [0.5, 0.6) is 0 Å². The first kappa shape index (κ1) is 15.4. The van der Waals surface area contributed by atoms with Gasteiger partial charge in [0.1, 0.15) is 0 Å². The van der Waals surface area contributed by atoms with Gasteiger partial charge in [-0.3, -0.25) is 4.79 Å². The lowest BCUT2D eigenvalue weighted by Crippen LogP contribution is -2.41. The molecule has 0 bridgehead atoms. The molecule has 96 valence electrons. The van der Waals surface area contributed by atoms with Gasteiger partial charge >= 0.3 is 0 Å². The summed E-state index contributed by atoms with van der Waals surface area (Å²) in [7, 11) is 4.16. The maximum atomic E-state index is 11.6. The lowest BCUT2D eigenvalue weighted by molar-refractivity contribution is -0.125. The van der Waals surface area contributed by atoms with Gasteiger partial charge < -0.3 is 10.2 Å². The lowest BCUT2D eigenvalue weighted by atomic mass is 9.98. The second kappa shape index (κ2) is 7.66. The SMILES string of the molecule is CC(C)C(=O)NC(CCCN(C)C)C(C)C. The van der Waals surface area contributed by atoms with Crippen LogP contribution in [-0.4, -0.2) is 37.5 Å². The van der Waals surface area contributed by atoms with Crippen molar-refractivity contribution >= 4 is 5.91 Å². The molecule has 0 radical (unpaired) electrons. The minimum Gasteiger partial charge on any atom is -0.353 e. The van der Waals surface area contributed by atoms with Crippen molar-refractivity contribution in [2.45, 2.75) is 46.6 Å². The van der Waals surface area contributed by atoms with Gasteiger partial charge in [-0.1, -0.05) is 27.7 Å². The maximum Gasteiger partial charge on any atom is 0.222 e. The highest BCUT2D eigenvalue weighted by Crippen LogP contribution is 2.10. The van der Waals surface area contributed by atoms with Gasteiger partial charge in [-0.25, -0.2) is 0 Å². The van der Waals surface area contributed by atoms with Gasteiger partial charge in [0.05, 0.1) is 0 Å². The van der Waals surface area contributed by atoms with E-state index in [1.165, 1.54) is 0 Å². The quantitative estimate of drug-likeness (QED) is 0.724. The molecule has 0 aliphatic carbocycles. The third-order valence-electron chi connectivity index (χ3n) is 2.78. The number of amides is 1. The predicted octanol–water partition coefficient (Wildman–Crippen LogP) is 2.12. The van der Waals surface area contributed by atoms with Crippen LogP contribution in [0.3, 0.4) is 0 Å². The number of nitrogens with one attached hydrogen (secondary N) is 1. The van der Waals surface area contributed by atoms with E-state index in [-0.39, 0.29) is 11.8 Å². The zero-order valence-electron chi connectivity index (χ0n) is 11.7. The molecular weight excluding hydrogens is 200 g/mol. The first-order valence-corrected chi connectivity index (χ1v) is 6.29. The maximum absolute atomic E-state index is 11.6. The zero-order valence-corrected chi connectivity index (χ0v) is 11.7. The van der Waals surface area contributed by atoms with E-state index in [9.17, 15) is 4.79 Å². The molecule has 0 aromatic heterocycles. The Morgan fingerprint density at radius 2 is 1.75 bits per heavy atom. The van der Waals surface area contributed by atoms with E-state index in [1.807, 2.05) is 13.8 Å². The minimum absolute atomic E-state index is 0.0788. The fourth-order valence-corrected chi connectivity index (χ4v) is 1.55. The molecule has 3 heteroatoms. The Morgan fingerprint density at radius 1 is 1.19 bits per heavy atom. The highest BCUT2D eigenvalue weighted by atomic mass is 16.1. The summed E-state index contributed by atoms with van der Waals surface area (Å²) in [5.74, 6) is 0.753. The van der Waals surface area contributed by atoms with E-state index >= 15 is 0 Å². The van der Waals surface area contributed by atoms with Crippen LogP contribution in [0.1, 0.15) is 40.5 Å². The Morgan fingerprint density at radius 3 is 2.12 bits per heavy atom. The summed E-state index contributed by atoms with van der Waals surface area (Å²) >= 11 is 0. The number of hydrogen-bond donors (Lipinski definition) is 1. The molecule has 0 rings (SSSR count). The molecule has 1 N–H and O–H groups in total. The predicted molar refractivity (Wildman–Crippen MR) is 69.4 cm³/mol. The fraction of sp³-hybridized carbons (Fsp3) is 0.923. The normalized spacial score (nSPS) is 13.6.